The lowest BCUT2D eigenvalue weighted by Crippen LogP contribution is -1.81. The van der Waals surface area contributed by atoms with Gasteiger partial charge in [-0.3, -0.25) is 0 Å². The van der Waals surface area contributed by atoms with Gasteiger partial charge in [-0.25, -0.2) is 0 Å². The molecule has 0 amide bonds. The summed E-state index contributed by atoms with van der Waals surface area (Å²) in [7, 11) is 0. The molecule has 0 atom stereocenters. The normalized spacial score (nSPS) is 28.4. The van der Waals surface area contributed by atoms with Gasteiger partial charge in [0.2, 0.25) is 0 Å². The smallest absolute Gasteiger partial charge is 0.00258 e. The first-order chi connectivity index (χ1) is 9.95. The Balaban J connectivity index is 2.19. The molecule has 0 spiro atoms. The van der Waals surface area contributed by atoms with E-state index in [0.29, 0.717) is 0 Å². The Labute approximate surface area is 121 Å². The first kappa shape index (κ1) is 14.1. The number of allylic oxidation sites excluding steroid dienone is 18. The van der Waals surface area contributed by atoms with Gasteiger partial charge >= 0.3 is 0 Å². The van der Waals surface area contributed by atoms with Gasteiger partial charge in [-0.15, -0.1) is 0 Å². The molecule has 0 radical (unpaired) electrons. The molecule has 0 heteroatoms. The van der Waals surface area contributed by atoms with Gasteiger partial charge in [0.1, 0.15) is 0 Å². The second-order valence-electron chi connectivity index (χ2n) is 4.62. The molecule has 0 aromatic carbocycles. The van der Waals surface area contributed by atoms with E-state index in [1.54, 1.807) is 0 Å². The Morgan fingerprint density at radius 3 is 1.55 bits per heavy atom. The van der Waals surface area contributed by atoms with Gasteiger partial charge in [-0.2, -0.15) is 0 Å². The summed E-state index contributed by atoms with van der Waals surface area (Å²) in [4.78, 5) is 0. The van der Waals surface area contributed by atoms with Crippen LogP contribution in [0, 0.1) is 0 Å². The first-order valence-electron chi connectivity index (χ1n) is 7.01. The molecule has 0 saturated heterocycles. The summed E-state index contributed by atoms with van der Waals surface area (Å²) in [6.07, 6.45) is 35.7. The van der Waals surface area contributed by atoms with Gasteiger partial charge in [0.15, 0.2) is 0 Å². The molecular formula is C20H20. The zero-order valence-corrected chi connectivity index (χ0v) is 11.7. The molecule has 2 bridgehead atoms. The van der Waals surface area contributed by atoms with E-state index in [1.165, 1.54) is 11.1 Å². The van der Waals surface area contributed by atoms with E-state index in [0.717, 1.165) is 12.8 Å². The van der Waals surface area contributed by atoms with Crippen LogP contribution in [0.1, 0.15) is 12.8 Å². The zero-order valence-electron chi connectivity index (χ0n) is 11.7. The van der Waals surface area contributed by atoms with Gasteiger partial charge < -0.3 is 0 Å². The Kier molecular flexibility index (Phi) is 6.13. The molecule has 2 rings (SSSR count). The molecular weight excluding hydrogens is 240 g/mol. The SMILES string of the molecule is C1=CC=C2/C=C/C=C\C=C\C/C=C/C=C\C=C\C(=C1)C2. The second-order valence-corrected chi connectivity index (χ2v) is 4.62. The molecule has 0 unspecified atom stereocenters. The Morgan fingerprint density at radius 1 is 0.500 bits per heavy atom. The first-order valence-corrected chi connectivity index (χ1v) is 7.01. The van der Waals surface area contributed by atoms with Crippen molar-refractivity contribution < 1.29 is 0 Å². The standard InChI is InChI=1S/C20H20/c1-2-4-6-8-10-14-19-16-12-13-17-20(18-19)15-11-9-7-5-3-1/h2-17H,1,18H2/b4-2+,5-3+,8-6-,9-7-,14-10+,15-11+. The van der Waals surface area contributed by atoms with Gasteiger partial charge in [-0.1, -0.05) is 97.2 Å². The Morgan fingerprint density at radius 2 is 1.00 bits per heavy atom. The molecule has 0 N–H and O–H groups in total. The highest BCUT2D eigenvalue weighted by Crippen LogP contribution is 2.17. The third-order valence-corrected chi connectivity index (χ3v) is 2.97. The zero-order chi connectivity index (χ0) is 13.9. The molecule has 20 heavy (non-hydrogen) atoms. The summed E-state index contributed by atoms with van der Waals surface area (Å²) < 4.78 is 0. The van der Waals surface area contributed by atoms with Gasteiger partial charge in [0.05, 0.1) is 0 Å². The summed E-state index contributed by atoms with van der Waals surface area (Å²) in [5.41, 5.74) is 2.64. The van der Waals surface area contributed by atoms with E-state index in [2.05, 4.69) is 97.2 Å². The summed E-state index contributed by atoms with van der Waals surface area (Å²) in [6, 6.07) is 0. The lowest BCUT2D eigenvalue weighted by atomic mass is 10.0. The van der Waals surface area contributed by atoms with Crippen molar-refractivity contribution >= 4 is 0 Å². The topological polar surface area (TPSA) is 0 Å². The highest BCUT2D eigenvalue weighted by Gasteiger charge is 1.97. The van der Waals surface area contributed by atoms with E-state index in [-0.39, 0.29) is 0 Å². The highest BCUT2D eigenvalue weighted by molar-refractivity contribution is 5.40. The van der Waals surface area contributed by atoms with Crippen molar-refractivity contribution in [3.63, 3.8) is 0 Å². The second kappa shape index (κ2) is 8.71. The third-order valence-electron chi connectivity index (χ3n) is 2.97. The van der Waals surface area contributed by atoms with Crippen molar-refractivity contribution in [2.45, 2.75) is 12.8 Å². The van der Waals surface area contributed by atoms with Crippen LogP contribution in [-0.4, -0.2) is 0 Å². The van der Waals surface area contributed by atoms with E-state index >= 15 is 0 Å². The molecule has 0 heterocycles. The van der Waals surface area contributed by atoms with Gasteiger partial charge in [0.25, 0.3) is 0 Å². The lowest BCUT2D eigenvalue weighted by Gasteiger charge is -2.00. The van der Waals surface area contributed by atoms with Crippen LogP contribution in [0.3, 0.4) is 0 Å². The maximum absolute atomic E-state index is 2.17. The molecule has 0 aliphatic heterocycles. The highest BCUT2D eigenvalue weighted by atomic mass is 14.0. The Bertz CT molecular complexity index is 517. The van der Waals surface area contributed by atoms with Crippen LogP contribution < -0.4 is 0 Å². The van der Waals surface area contributed by atoms with E-state index in [1.807, 2.05) is 0 Å². The predicted octanol–water partition coefficient (Wildman–Crippen LogP) is 5.54. The molecule has 2 aliphatic carbocycles. The fourth-order valence-electron chi connectivity index (χ4n) is 1.95. The average molecular weight is 260 g/mol. The van der Waals surface area contributed by atoms with Crippen LogP contribution >= 0.6 is 0 Å². The lowest BCUT2D eigenvalue weighted by molar-refractivity contribution is 1.21. The van der Waals surface area contributed by atoms with E-state index in [9.17, 15) is 0 Å². The largest absolute Gasteiger partial charge is 0.0807 e. The number of hydrogen-bond donors (Lipinski definition) is 0. The van der Waals surface area contributed by atoms with Crippen LogP contribution in [0.25, 0.3) is 0 Å². The maximum Gasteiger partial charge on any atom is -0.00258 e. The van der Waals surface area contributed by atoms with Crippen molar-refractivity contribution in [3.8, 4) is 0 Å². The fraction of sp³-hybridized carbons (Fsp3) is 0.100. The predicted molar refractivity (Wildman–Crippen MR) is 89.4 cm³/mol. The summed E-state index contributed by atoms with van der Waals surface area (Å²) >= 11 is 0. The summed E-state index contributed by atoms with van der Waals surface area (Å²) in [6.45, 7) is 0. The van der Waals surface area contributed by atoms with E-state index in [4.69, 9.17) is 0 Å². The molecule has 100 valence electrons. The van der Waals surface area contributed by atoms with Crippen LogP contribution in [0.15, 0.2) is 108 Å². The van der Waals surface area contributed by atoms with Crippen molar-refractivity contribution in [1.82, 2.24) is 0 Å². The number of hydrogen-bond acceptors (Lipinski definition) is 0. The van der Waals surface area contributed by atoms with Crippen molar-refractivity contribution in [3.05, 3.63) is 108 Å². The molecule has 2 aliphatic rings. The monoisotopic (exact) mass is 260 g/mol. The maximum atomic E-state index is 2.17. The molecule has 0 aromatic heterocycles. The van der Waals surface area contributed by atoms with Crippen LogP contribution in [0.2, 0.25) is 0 Å². The summed E-state index contributed by atoms with van der Waals surface area (Å²) in [5.74, 6) is 0. The minimum atomic E-state index is 0.961. The summed E-state index contributed by atoms with van der Waals surface area (Å²) in [5, 5.41) is 0. The van der Waals surface area contributed by atoms with Gasteiger partial charge in [-0.05, 0) is 24.0 Å². The van der Waals surface area contributed by atoms with Crippen LogP contribution in [0.4, 0.5) is 0 Å². The number of rotatable bonds is 0. The van der Waals surface area contributed by atoms with Crippen molar-refractivity contribution in [2.75, 3.05) is 0 Å². The molecule has 0 nitrogen and oxygen atoms in total. The Hall–Kier alpha value is -2.34. The van der Waals surface area contributed by atoms with Crippen LogP contribution in [-0.2, 0) is 0 Å². The minimum Gasteiger partial charge on any atom is -0.0807 e. The molecule has 0 fully saturated rings. The van der Waals surface area contributed by atoms with Crippen molar-refractivity contribution in [2.24, 2.45) is 0 Å². The molecule has 0 aromatic rings. The fourth-order valence-corrected chi connectivity index (χ4v) is 1.95. The third kappa shape index (κ3) is 5.53. The average Bonchev–Trinajstić information content (AvgIpc) is 2.68. The quantitative estimate of drug-likeness (QED) is 0.536. The minimum absolute atomic E-state index is 0.961. The van der Waals surface area contributed by atoms with Gasteiger partial charge in [0, 0.05) is 0 Å². The molecule has 0 saturated carbocycles. The number of fused-ring (bicyclic) bond motifs is 2. The van der Waals surface area contributed by atoms with Crippen molar-refractivity contribution in [1.29, 1.82) is 0 Å². The van der Waals surface area contributed by atoms with Crippen LogP contribution in [0.5, 0.6) is 0 Å². The van der Waals surface area contributed by atoms with E-state index < -0.39 is 0 Å².